The number of amides is 3. The zero-order valence-corrected chi connectivity index (χ0v) is 34.9. The van der Waals surface area contributed by atoms with Crippen LogP contribution in [0.5, 0.6) is 0 Å². The number of guanidine groups is 1. The quantitative estimate of drug-likeness (QED) is 0.126. The molecule has 3 N–H and O–H groups in total. The molecule has 0 bridgehead atoms. The molecule has 0 aromatic heterocycles. The Kier molecular flexibility index (Phi) is 19.4. The van der Waals surface area contributed by atoms with Gasteiger partial charge in [-0.1, -0.05) is 71.4 Å². The van der Waals surface area contributed by atoms with E-state index in [1.165, 1.54) is 7.11 Å². The SMILES string of the molecule is CC[C@H](C)[C@@H]([C@@H](CC(=O)N1CCC[C@H]1[C@H](OC)[C@@H](C)C(=O)N[C@@H](Cc1ccccc1)C(=O)O)OC)N(C)C(=O)[C@@H](/N=C(\N(C)C)N(C)CCNC)C(C)C. The lowest BCUT2D eigenvalue weighted by Crippen LogP contribution is -2.55. The summed E-state index contributed by atoms with van der Waals surface area (Å²) in [5.41, 5.74) is 0.794. The molecule has 1 fully saturated rings. The zero-order valence-electron chi connectivity index (χ0n) is 34.9. The molecule has 14 heteroatoms. The molecular formula is C40H69N7O7. The number of benzene rings is 1. The molecule has 0 radical (unpaired) electrons. The third kappa shape index (κ3) is 12.7. The predicted molar refractivity (Wildman–Crippen MR) is 212 cm³/mol. The van der Waals surface area contributed by atoms with Crippen molar-refractivity contribution < 1.29 is 33.8 Å². The Bertz CT molecular complexity index is 1360. The van der Waals surface area contributed by atoms with Crippen LogP contribution in [-0.4, -0.2) is 160 Å². The Labute approximate surface area is 324 Å². The molecule has 8 atom stereocenters. The Hall–Kier alpha value is -3.75. The van der Waals surface area contributed by atoms with Crippen LogP contribution in [0.1, 0.15) is 65.9 Å². The number of carbonyl (C=O) groups excluding carboxylic acids is 3. The Morgan fingerprint density at radius 3 is 2.19 bits per heavy atom. The van der Waals surface area contributed by atoms with Gasteiger partial charge in [0.05, 0.1) is 36.6 Å². The fourth-order valence-electron chi connectivity index (χ4n) is 7.42. The first-order chi connectivity index (χ1) is 25.5. The van der Waals surface area contributed by atoms with Gasteiger partial charge in [0.15, 0.2) is 5.96 Å². The van der Waals surface area contributed by atoms with Crippen LogP contribution in [-0.2, 0) is 35.1 Å². The molecule has 2 rings (SSSR count). The highest BCUT2D eigenvalue weighted by atomic mass is 16.5. The van der Waals surface area contributed by atoms with Crippen molar-refractivity contribution in [1.82, 2.24) is 30.2 Å². The maximum absolute atomic E-state index is 14.4. The molecule has 1 aromatic rings. The number of nitrogens with zero attached hydrogens (tertiary/aromatic N) is 5. The van der Waals surface area contributed by atoms with E-state index < -0.39 is 54.2 Å². The first kappa shape index (κ1) is 46.4. The molecule has 1 aliphatic rings. The highest BCUT2D eigenvalue weighted by molar-refractivity contribution is 5.88. The van der Waals surface area contributed by atoms with E-state index >= 15 is 0 Å². The van der Waals surface area contributed by atoms with Gasteiger partial charge in [-0.05, 0) is 37.3 Å². The van der Waals surface area contributed by atoms with Crippen molar-refractivity contribution in [1.29, 1.82) is 0 Å². The van der Waals surface area contributed by atoms with Crippen LogP contribution >= 0.6 is 0 Å². The number of carboxylic acid groups (broad SMARTS) is 1. The molecule has 0 saturated carbocycles. The summed E-state index contributed by atoms with van der Waals surface area (Å²) in [4.78, 5) is 66.6. The van der Waals surface area contributed by atoms with E-state index in [1.807, 2.05) is 82.2 Å². The summed E-state index contributed by atoms with van der Waals surface area (Å²) < 4.78 is 11.9. The molecule has 0 spiro atoms. The number of carboxylic acids is 1. The largest absolute Gasteiger partial charge is 0.480 e. The van der Waals surface area contributed by atoms with E-state index in [0.29, 0.717) is 25.5 Å². The third-order valence-corrected chi connectivity index (χ3v) is 10.7. The standard InChI is InChI=1S/C40H69N7O7/c1-13-27(4)35(46(10)38(50)34(26(2)3)43-40(44(7)8)45(9)23-21-41-6)32(53-11)25-33(48)47-22-17-20-31(47)36(54-12)28(5)37(49)42-30(39(51)52)24-29-18-15-14-16-19-29/h14-16,18-19,26-28,30-32,34-36,41H,13,17,20-25H2,1-12H3,(H,42,49)(H,51,52)/b43-40+/t27-,28+,30-,31-,32+,34-,35-,36+/m0/s1. The van der Waals surface area contributed by atoms with Crippen molar-refractivity contribution >= 4 is 29.7 Å². The van der Waals surface area contributed by atoms with Crippen molar-refractivity contribution in [2.45, 2.75) is 103 Å². The van der Waals surface area contributed by atoms with Gasteiger partial charge in [-0.25, -0.2) is 9.79 Å². The Morgan fingerprint density at radius 1 is 1.02 bits per heavy atom. The van der Waals surface area contributed by atoms with Crippen molar-refractivity contribution in [3.63, 3.8) is 0 Å². The van der Waals surface area contributed by atoms with Gasteiger partial charge < -0.3 is 44.8 Å². The van der Waals surface area contributed by atoms with E-state index in [-0.39, 0.29) is 36.5 Å². The number of carbonyl (C=O) groups is 4. The van der Waals surface area contributed by atoms with Crippen LogP contribution in [0.25, 0.3) is 0 Å². The van der Waals surface area contributed by atoms with Crippen LogP contribution in [0, 0.1) is 17.8 Å². The number of rotatable bonds is 21. The first-order valence-electron chi connectivity index (χ1n) is 19.3. The molecule has 0 aliphatic carbocycles. The van der Waals surface area contributed by atoms with E-state index in [9.17, 15) is 24.3 Å². The number of nitrogens with one attached hydrogen (secondary N) is 2. The van der Waals surface area contributed by atoms with Crippen molar-refractivity contribution in [3.8, 4) is 0 Å². The van der Waals surface area contributed by atoms with E-state index in [2.05, 4.69) is 24.5 Å². The van der Waals surface area contributed by atoms with Crippen molar-refractivity contribution in [2.24, 2.45) is 22.7 Å². The number of aliphatic imine (C=N–C) groups is 1. The maximum Gasteiger partial charge on any atom is 0.326 e. The number of likely N-dealkylation sites (N-methyl/N-ethyl adjacent to an activating group) is 3. The van der Waals surface area contributed by atoms with Crippen LogP contribution in [0.2, 0.25) is 0 Å². The van der Waals surface area contributed by atoms with Crippen LogP contribution < -0.4 is 10.6 Å². The third-order valence-electron chi connectivity index (χ3n) is 10.7. The van der Waals surface area contributed by atoms with Gasteiger partial charge in [-0.3, -0.25) is 14.4 Å². The summed E-state index contributed by atoms with van der Waals surface area (Å²) >= 11 is 0. The van der Waals surface area contributed by atoms with E-state index in [0.717, 1.165) is 24.9 Å². The Morgan fingerprint density at radius 2 is 1.67 bits per heavy atom. The molecule has 1 aromatic carbocycles. The van der Waals surface area contributed by atoms with E-state index in [1.54, 1.807) is 30.9 Å². The second-order valence-electron chi connectivity index (χ2n) is 15.2. The fraction of sp³-hybridized carbons (Fsp3) is 0.725. The van der Waals surface area contributed by atoms with Gasteiger partial charge >= 0.3 is 5.97 Å². The minimum atomic E-state index is -1.13. The molecule has 306 valence electrons. The fourth-order valence-corrected chi connectivity index (χ4v) is 7.42. The summed E-state index contributed by atoms with van der Waals surface area (Å²) in [6, 6.07) is 6.55. The number of hydrogen-bond acceptors (Lipinski definition) is 8. The lowest BCUT2D eigenvalue weighted by Gasteiger charge is -2.40. The summed E-state index contributed by atoms with van der Waals surface area (Å²) in [5.74, 6) is -2.00. The van der Waals surface area contributed by atoms with Crippen LogP contribution in [0.15, 0.2) is 35.3 Å². The molecule has 0 unspecified atom stereocenters. The van der Waals surface area contributed by atoms with Crippen LogP contribution in [0.3, 0.4) is 0 Å². The van der Waals surface area contributed by atoms with Gasteiger partial charge in [-0.15, -0.1) is 0 Å². The molecule has 1 saturated heterocycles. The lowest BCUT2D eigenvalue weighted by molar-refractivity contribution is -0.147. The molecule has 3 amide bonds. The average molecular weight is 760 g/mol. The molecule has 14 nitrogen and oxygen atoms in total. The molecule has 1 aliphatic heterocycles. The molecule has 1 heterocycles. The highest BCUT2D eigenvalue weighted by Gasteiger charge is 2.43. The second kappa shape index (κ2) is 22.6. The topological polar surface area (TPSA) is 156 Å². The summed E-state index contributed by atoms with van der Waals surface area (Å²) in [5, 5.41) is 15.7. The number of methoxy groups -OCH3 is 2. The van der Waals surface area contributed by atoms with Crippen molar-refractivity contribution in [2.75, 3.05) is 69.1 Å². The number of likely N-dealkylation sites (tertiary alicyclic amines) is 1. The van der Waals surface area contributed by atoms with E-state index in [4.69, 9.17) is 14.5 Å². The summed E-state index contributed by atoms with van der Waals surface area (Å²) in [7, 11) is 12.6. The maximum atomic E-state index is 14.4. The first-order valence-corrected chi connectivity index (χ1v) is 19.3. The number of aliphatic carboxylic acids is 1. The summed E-state index contributed by atoms with van der Waals surface area (Å²) in [6.45, 7) is 11.8. The zero-order chi connectivity index (χ0) is 40.7. The Balaban J connectivity index is 2.31. The minimum Gasteiger partial charge on any atom is -0.480 e. The number of hydrogen-bond donors (Lipinski definition) is 3. The van der Waals surface area contributed by atoms with Gasteiger partial charge in [-0.2, -0.15) is 0 Å². The monoisotopic (exact) mass is 760 g/mol. The second-order valence-corrected chi connectivity index (χ2v) is 15.2. The smallest absolute Gasteiger partial charge is 0.326 e. The lowest BCUT2D eigenvalue weighted by atomic mass is 9.89. The predicted octanol–water partition coefficient (Wildman–Crippen LogP) is 2.81. The number of ether oxygens (including phenoxy) is 2. The molecule has 54 heavy (non-hydrogen) atoms. The average Bonchev–Trinajstić information content (AvgIpc) is 3.63. The van der Waals surface area contributed by atoms with Gasteiger partial charge in [0.25, 0.3) is 0 Å². The highest BCUT2D eigenvalue weighted by Crippen LogP contribution is 2.30. The summed E-state index contributed by atoms with van der Waals surface area (Å²) in [6.07, 6.45) is 1.01. The molecular weight excluding hydrogens is 690 g/mol. The van der Waals surface area contributed by atoms with Gasteiger partial charge in [0, 0.05) is 68.5 Å². The van der Waals surface area contributed by atoms with Gasteiger partial charge in [0.1, 0.15) is 12.1 Å². The van der Waals surface area contributed by atoms with Crippen molar-refractivity contribution in [3.05, 3.63) is 35.9 Å². The van der Waals surface area contributed by atoms with Gasteiger partial charge in [0.2, 0.25) is 17.7 Å². The van der Waals surface area contributed by atoms with Crippen LogP contribution in [0.4, 0.5) is 0 Å². The minimum absolute atomic E-state index is 0.00277. The normalized spacial score (nSPS) is 18.6.